The molecule has 3 heterocycles. The molecular weight excluding hydrogens is 410 g/mol. The fourth-order valence-electron chi connectivity index (χ4n) is 3.90. The fraction of sp³-hybridized carbons (Fsp3) is 0.500. The van der Waals surface area contributed by atoms with E-state index in [2.05, 4.69) is 28.4 Å². The fourth-order valence-corrected chi connectivity index (χ4v) is 4.94. The summed E-state index contributed by atoms with van der Waals surface area (Å²) in [6.45, 7) is 12.4. The van der Waals surface area contributed by atoms with Gasteiger partial charge in [-0.05, 0) is 35.7 Å². The summed E-state index contributed by atoms with van der Waals surface area (Å²) < 4.78 is 5.59. The second-order valence-corrected chi connectivity index (χ2v) is 10.5. The molecule has 7 heteroatoms. The first-order chi connectivity index (χ1) is 14.7. The molecule has 2 amide bonds. The van der Waals surface area contributed by atoms with Crippen molar-refractivity contribution in [1.29, 1.82) is 0 Å². The molecule has 0 spiro atoms. The van der Waals surface area contributed by atoms with Crippen molar-refractivity contribution in [1.82, 2.24) is 9.80 Å². The average Bonchev–Trinajstić information content (AvgIpc) is 3.33. The number of nitrogens with zero attached hydrogens (tertiary/aromatic N) is 2. The molecule has 0 unspecified atom stereocenters. The number of aryl methyl sites for hydroxylation is 1. The van der Waals surface area contributed by atoms with Gasteiger partial charge in [0.1, 0.15) is 5.75 Å². The van der Waals surface area contributed by atoms with E-state index in [1.807, 2.05) is 38.7 Å². The summed E-state index contributed by atoms with van der Waals surface area (Å²) in [5.41, 5.74) is 3.05. The van der Waals surface area contributed by atoms with Crippen molar-refractivity contribution >= 4 is 28.2 Å². The zero-order valence-corrected chi connectivity index (χ0v) is 19.6. The van der Waals surface area contributed by atoms with E-state index in [1.165, 1.54) is 22.5 Å². The molecular formula is C24H31N3O3S. The molecule has 6 nitrogen and oxygen atoms in total. The smallest absolute Gasteiger partial charge is 0.264 e. The monoisotopic (exact) mass is 441 g/mol. The Morgan fingerprint density at radius 3 is 2.58 bits per heavy atom. The standard InChI is InChI=1S/C24H31N3O3S/c1-16-13-20(25-23(29)24(2,3)4)31-21(16)22(28)27-10-8-26(9-11-27)15-17-5-6-19-18(14-17)7-12-30-19/h5-6,13-14H,7-12,15H2,1-4H3,(H,25,29). The third-order valence-corrected chi connectivity index (χ3v) is 6.99. The molecule has 2 aromatic rings. The lowest BCUT2D eigenvalue weighted by Gasteiger charge is -2.34. The Kier molecular flexibility index (Phi) is 6.08. The molecule has 0 atom stereocenters. The van der Waals surface area contributed by atoms with Gasteiger partial charge in [0.05, 0.1) is 16.5 Å². The van der Waals surface area contributed by atoms with Crippen LogP contribution in [-0.2, 0) is 17.8 Å². The summed E-state index contributed by atoms with van der Waals surface area (Å²) in [5, 5.41) is 3.68. The molecule has 0 radical (unpaired) electrons. The third-order valence-electron chi connectivity index (χ3n) is 5.85. The predicted octanol–water partition coefficient (Wildman–Crippen LogP) is 3.93. The number of hydrogen-bond donors (Lipinski definition) is 1. The summed E-state index contributed by atoms with van der Waals surface area (Å²) in [7, 11) is 0. The van der Waals surface area contributed by atoms with E-state index in [-0.39, 0.29) is 11.8 Å². The number of carbonyl (C=O) groups is 2. The van der Waals surface area contributed by atoms with E-state index in [0.717, 1.165) is 53.9 Å². The van der Waals surface area contributed by atoms with Gasteiger partial charge in [0.15, 0.2) is 0 Å². The Morgan fingerprint density at radius 1 is 1.13 bits per heavy atom. The van der Waals surface area contributed by atoms with Crippen LogP contribution in [0.2, 0.25) is 0 Å². The van der Waals surface area contributed by atoms with E-state index in [4.69, 9.17) is 4.74 Å². The van der Waals surface area contributed by atoms with Crippen molar-refractivity contribution in [3.63, 3.8) is 0 Å². The molecule has 166 valence electrons. The van der Waals surface area contributed by atoms with E-state index in [1.54, 1.807) is 0 Å². The van der Waals surface area contributed by atoms with Gasteiger partial charge in [0.25, 0.3) is 5.91 Å². The normalized spacial score (nSPS) is 16.7. The van der Waals surface area contributed by atoms with Crippen LogP contribution in [0.15, 0.2) is 24.3 Å². The molecule has 1 N–H and O–H groups in total. The first kappa shape index (κ1) is 21.8. The maximum atomic E-state index is 13.1. The third kappa shape index (κ3) is 4.93. The SMILES string of the molecule is Cc1cc(NC(=O)C(C)(C)C)sc1C(=O)N1CCN(Cc2ccc3c(c2)CCO3)CC1. The maximum absolute atomic E-state index is 13.1. The number of fused-ring (bicyclic) bond motifs is 1. The Morgan fingerprint density at radius 2 is 1.87 bits per heavy atom. The number of carbonyl (C=O) groups excluding carboxylic acids is 2. The second-order valence-electron chi connectivity index (χ2n) is 9.44. The number of anilines is 1. The number of benzene rings is 1. The summed E-state index contributed by atoms with van der Waals surface area (Å²) in [4.78, 5) is 30.4. The summed E-state index contributed by atoms with van der Waals surface area (Å²) in [6.07, 6.45) is 0.990. The topological polar surface area (TPSA) is 61.9 Å². The van der Waals surface area contributed by atoms with Gasteiger partial charge in [0.2, 0.25) is 5.91 Å². The van der Waals surface area contributed by atoms with Crippen molar-refractivity contribution in [2.45, 2.75) is 40.7 Å². The van der Waals surface area contributed by atoms with Crippen LogP contribution in [0.25, 0.3) is 0 Å². The van der Waals surface area contributed by atoms with Gasteiger partial charge >= 0.3 is 0 Å². The number of ether oxygens (including phenoxy) is 1. The van der Waals surface area contributed by atoms with Crippen molar-refractivity contribution in [3.8, 4) is 5.75 Å². The van der Waals surface area contributed by atoms with Crippen molar-refractivity contribution < 1.29 is 14.3 Å². The number of nitrogens with one attached hydrogen (secondary N) is 1. The maximum Gasteiger partial charge on any atom is 0.264 e. The Balaban J connectivity index is 1.33. The zero-order chi connectivity index (χ0) is 22.2. The van der Waals surface area contributed by atoms with Gasteiger partial charge in [-0.25, -0.2) is 0 Å². The minimum absolute atomic E-state index is 0.0421. The second kappa shape index (κ2) is 8.63. The van der Waals surface area contributed by atoms with Crippen LogP contribution >= 0.6 is 11.3 Å². The highest BCUT2D eigenvalue weighted by Gasteiger charge is 2.27. The average molecular weight is 442 g/mol. The van der Waals surface area contributed by atoms with Crippen LogP contribution in [-0.4, -0.2) is 54.4 Å². The number of piperazine rings is 1. The Hall–Kier alpha value is -2.38. The van der Waals surface area contributed by atoms with Crippen LogP contribution in [0.4, 0.5) is 5.00 Å². The molecule has 0 aliphatic carbocycles. The Bertz CT molecular complexity index is 984. The van der Waals surface area contributed by atoms with Gasteiger partial charge in [-0.2, -0.15) is 0 Å². The lowest BCUT2D eigenvalue weighted by Crippen LogP contribution is -2.48. The van der Waals surface area contributed by atoms with Crippen LogP contribution in [0, 0.1) is 12.3 Å². The van der Waals surface area contributed by atoms with Gasteiger partial charge < -0.3 is 15.0 Å². The van der Waals surface area contributed by atoms with E-state index < -0.39 is 5.41 Å². The molecule has 1 fully saturated rings. The minimum Gasteiger partial charge on any atom is -0.493 e. The molecule has 0 bridgehead atoms. The number of thiophene rings is 1. The Labute approximate surface area is 188 Å². The van der Waals surface area contributed by atoms with Crippen molar-refractivity contribution in [2.24, 2.45) is 5.41 Å². The molecule has 1 aromatic heterocycles. The molecule has 1 saturated heterocycles. The highest BCUT2D eigenvalue weighted by Crippen LogP contribution is 2.30. The lowest BCUT2D eigenvalue weighted by molar-refractivity contribution is -0.123. The quantitative estimate of drug-likeness (QED) is 0.781. The van der Waals surface area contributed by atoms with Gasteiger partial charge in [-0.3, -0.25) is 14.5 Å². The highest BCUT2D eigenvalue weighted by molar-refractivity contribution is 7.18. The van der Waals surface area contributed by atoms with Crippen LogP contribution in [0.5, 0.6) is 5.75 Å². The van der Waals surface area contributed by atoms with Gasteiger partial charge in [0, 0.05) is 44.6 Å². The van der Waals surface area contributed by atoms with Crippen LogP contribution in [0.1, 0.15) is 47.1 Å². The van der Waals surface area contributed by atoms with E-state index in [0.29, 0.717) is 13.1 Å². The first-order valence-corrected chi connectivity index (χ1v) is 11.7. The van der Waals surface area contributed by atoms with Crippen molar-refractivity contribution in [3.05, 3.63) is 45.8 Å². The predicted molar refractivity (Wildman–Crippen MR) is 124 cm³/mol. The minimum atomic E-state index is -0.468. The molecule has 1 aromatic carbocycles. The lowest BCUT2D eigenvalue weighted by atomic mass is 9.96. The molecule has 31 heavy (non-hydrogen) atoms. The van der Waals surface area contributed by atoms with Crippen LogP contribution in [0.3, 0.4) is 0 Å². The molecule has 2 aliphatic rings. The summed E-state index contributed by atoms with van der Waals surface area (Å²) in [5.74, 6) is 1.04. The number of amides is 2. The molecule has 4 rings (SSSR count). The van der Waals surface area contributed by atoms with Gasteiger partial charge in [-0.15, -0.1) is 11.3 Å². The number of rotatable bonds is 4. The first-order valence-electron chi connectivity index (χ1n) is 10.9. The van der Waals surface area contributed by atoms with E-state index in [9.17, 15) is 9.59 Å². The van der Waals surface area contributed by atoms with Crippen molar-refractivity contribution in [2.75, 3.05) is 38.1 Å². The zero-order valence-electron chi connectivity index (χ0n) is 18.8. The summed E-state index contributed by atoms with van der Waals surface area (Å²) >= 11 is 1.37. The largest absolute Gasteiger partial charge is 0.493 e. The highest BCUT2D eigenvalue weighted by atomic mass is 32.1. The molecule has 2 aliphatic heterocycles. The number of hydrogen-bond acceptors (Lipinski definition) is 5. The molecule has 0 saturated carbocycles. The van der Waals surface area contributed by atoms with Gasteiger partial charge in [-0.1, -0.05) is 32.9 Å². The summed E-state index contributed by atoms with van der Waals surface area (Å²) in [6, 6.07) is 8.37. The van der Waals surface area contributed by atoms with E-state index >= 15 is 0 Å². The van der Waals surface area contributed by atoms with Crippen LogP contribution < -0.4 is 10.1 Å².